The Hall–Kier alpha value is -3.20. The minimum Gasteiger partial charge on any atom is -0.366 e. The number of carbonyl (C=O) groups is 1. The lowest BCUT2D eigenvalue weighted by molar-refractivity contribution is 0.100. The van der Waals surface area contributed by atoms with Gasteiger partial charge in [0.15, 0.2) is 0 Å². The van der Waals surface area contributed by atoms with E-state index in [9.17, 15) is 4.79 Å². The summed E-state index contributed by atoms with van der Waals surface area (Å²) in [5.41, 5.74) is 8.84. The highest BCUT2D eigenvalue weighted by atomic mass is 16.1. The molecule has 0 fully saturated rings. The number of hydrogen-bond donors (Lipinski definition) is 1. The molecule has 0 aromatic heterocycles. The van der Waals surface area contributed by atoms with Crippen LogP contribution in [-0.2, 0) is 6.42 Å². The van der Waals surface area contributed by atoms with Crippen molar-refractivity contribution >= 4 is 17.8 Å². The van der Waals surface area contributed by atoms with Gasteiger partial charge in [0.05, 0.1) is 11.3 Å². The van der Waals surface area contributed by atoms with Crippen molar-refractivity contribution in [2.75, 3.05) is 0 Å². The predicted octanol–water partition coefficient (Wildman–Crippen LogP) is 5.75. The summed E-state index contributed by atoms with van der Waals surface area (Å²) in [7, 11) is 0. The van der Waals surface area contributed by atoms with Crippen LogP contribution in [0.15, 0.2) is 89.9 Å². The molecule has 1 amide bonds. The molecule has 0 aliphatic heterocycles. The molecule has 0 unspecified atom stereocenters. The molecular formula is C24H28N2O. The van der Waals surface area contributed by atoms with Crippen molar-refractivity contribution < 1.29 is 4.79 Å². The van der Waals surface area contributed by atoms with Crippen LogP contribution in [0.1, 0.15) is 35.3 Å². The summed E-state index contributed by atoms with van der Waals surface area (Å²) in [6.45, 7) is 6.08. The number of aryl methyl sites for hydroxylation is 1. The Labute approximate surface area is 162 Å². The second-order valence-electron chi connectivity index (χ2n) is 5.54. The normalized spacial score (nSPS) is 9.59. The third kappa shape index (κ3) is 8.63. The highest BCUT2D eigenvalue weighted by Crippen LogP contribution is 2.17. The van der Waals surface area contributed by atoms with Crippen molar-refractivity contribution in [3.8, 4) is 0 Å². The van der Waals surface area contributed by atoms with E-state index >= 15 is 0 Å². The predicted molar refractivity (Wildman–Crippen MR) is 116 cm³/mol. The van der Waals surface area contributed by atoms with E-state index in [-0.39, 0.29) is 0 Å². The van der Waals surface area contributed by atoms with Crippen LogP contribution < -0.4 is 5.73 Å². The maximum Gasteiger partial charge on any atom is 0.250 e. The number of rotatable bonds is 4. The van der Waals surface area contributed by atoms with Crippen molar-refractivity contribution in [2.24, 2.45) is 10.7 Å². The second-order valence-corrected chi connectivity index (χ2v) is 5.54. The molecule has 3 rings (SSSR count). The van der Waals surface area contributed by atoms with E-state index < -0.39 is 5.91 Å². The summed E-state index contributed by atoms with van der Waals surface area (Å²) in [4.78, 5) is 15.5. The molecule has 3 heteroatoms. The van der Waals surface area contributed by atoms with E-state index in [2.05, 4.69) is 24.0 Å². The molecule has 140 valence electrons. The van der Waals surface area contributed by atoms with Gasteiger partial charge in [-0.3, -0.25) is 9.79 Å². The number of carbonyl (C=O) groups excluding carboxylic acids is 1. The Bertz CT molecular complexity index is 812. The number of primary amides is 1. The average Bonchev–Trinajstić information content (AvgIpc) is 2.72. The SMILES string of the molecule is CC.Cc1ccccc1.NC(=O)c1ccccc1N=CCc1ccccc1. The molecule has 0 heterocycles. The number of nitrogens with two attached hydrogens (primary N) is 1. The molecule has 3 aromatic carbocycles. The van der Waals surface area contributed by atoms with E-state index in [4.69, 9.17) is 5.73 Å². The maximum absolute atomic E-state index is 11.2. The number of nitrogens with zero attached hydrogens (tertiary/aromatic N) is 1. The minimum absolute atomic E-state index is 0.446. The molecule has 0 radical (unpaired) electrons. The van der Waals surface area contributed by atoms with Crippen LogP contribution in [0.5, 0.6) is 0 Å². The lowest BCUT2D eigenvalue weighted by Crippen LogP contribution is -2.10. The van der Waals surface area contributed by atoms with Crippen LogP contribution in [0.25, 0.3) is 0 Å². The Morgan fingerprint density at radius 3 is 1.89 bits per heavy atom. The van der Waals surface area contributed by atoms with Crippen molar-refractivity contribution in [3.05, 3.63) is 102 Å². The first-order valence-corrected chi connectivity index (χ1v) is 9.14. The zero-order chi connectivity index (χ0) is 19.9. The highest BCUT2D eigenvalue weighted by molar-refractivity contribution is 5.98. The molecule has 2 N–H and O–H groups in total. The van der Waals surface area contributed by atoms with Crippen molar-refractivity contribution in [3.63, 3.8) is 0 Å². The van der Waals surface area contributed by atoms with Crippen LogP contribution in [0.2, 0.25) is 0 Å². The molecule has 3 aromatic rings. The molecule has 0 saturated heterocycles. The van der Waals surface area contributed by atoms with Crippen molar-refractivity contribution in [2.45, 2.75) is 27.2 Å². The zero-order valence-corrected chi connectivity index (χ0v) is 16.3. The topological polar surface area (TPSA) is 55.5 Å². The Morgan fingerprint density at radius 2 is 1.37 bits per heavy atom. The van der Waals surface area contributed by atoms with E-state index in [1.165, 1.54) is 11.1 Å². The average molecular weight is 361 g/mol. The van der Waals surface area contributed by atoms with Gasteiger partial charge in [0.25, 0.3) is 5.91 Å². The molecule has 0 aliphatic carbocycles. The van der Waals surface area contributed by atoms with Crippen LogP contribution >= 0.6 is 0 Å². The Kier molecular flexibility index (Phi) is 10.6. The molecule has 0 aliphatic rings. The number of aliphatic imine (C=N–C) groups is 1. The Morgan fingerprint density at radius 1 is 0.852 bits per heavy atom. The minimum atomic E-state index is -0.456. The maximum atomic E-state index is 11.2. The van der Waals surface area contributed by atoms with Gasteiger partial charge in [-0.2, -0.15) is 0 Å². The quantitative estimate of drug-likeness (QED) is 0.592. The lowest BCUT2D eigenvalue weighted by atomic mass is 10.1. The summed E-state index contributed by atoms with van der Waals surface area (Å²) in [5.74, 6) is -0.456. The van der Waals surface area contributed by atoms with Gasteiger partial charge in [-0.05, 0) is 24.6 Å². The van der Waals surface area contributed by atoms with Crippen LogP contribution in [-0.4, -0.2) is 12.1 Å². The van der Waals surface area contributed by atoms with E-state index in [1.807, 2.05) is 68.4 Å². The third-order valence-electron chi connectivity index (χ3n) is 3.51. The molecule has 0 atom stereocenters. The zero-order valence-electron chi connectivity index (χ0n) is 16.3. The summed E-state index contributed by atoms with van der Waals surface area (Å²) in [5, 5.41) is 0. The Balaban J connectivity index is 0.000000338. The van der Waals surface area contributed by atoms with Gasteiger partial charge in [0.1, 0.15) is 0 Å². The largest absolute Gasteiger partial charge is 0.366 e. The summed E-state index contributed by atoms with van der Waals surface area (Å²) in [6, 6.07) is 27.3. The monoisotopic (exact) mass is 360 g/mol. The van der Waals surface area contributed by atoms with Gasteiger partial charge < -0.3 is 5.73 Å². The first-order valence-electron chi connectivity index (χ1n) is 9.14. The molecular weight excluding hydrogens is 332 g/mol. The van der Waals surface area contributed by atoms with Gasteiger partial charge >= 0.3 is 0 Å². The van der Waals surface area contributed by atoms with E-state index in [1.54, 1.807) is 24.4 Å². The van der Waals surface area contributed by atoms with Crippen molar-refractivity contribution in [1.82, 2.24) is 0 Å². The van der Waals surface area contributed by atoms with Gasteiger partial charge in [-0.15, -0.1) is 0 Å². The second kappa shape index (κ2) is 13.1. The van der Waals surface area contributed by atoms with Gasteiger partial charge in [0.2, 0.25) is 0 Å². The molecule has 0 saturated carbocycles. The third-order valence-corrected chi connectivity index (χ3v) is 3.51. The van der Waals surface area contributed by atoms with Crippen molar-refractivity contribution in [1.29, 1.82) is 0 Å². The number of hydrogen-bond acceptors (Lipinski definition) is 2. The fourth-order valence-electron chi connectivity index (χ4n) is 2.19. The first-order chi connectivity index (χ1) is 13.2. The molecule has 0 bridgehead atoms. The number of para-hydroxylation sites is 1. The van der Waals surface area contributed by atoms with Gasteiger partial charge in [-0.25, -0.2) is 0 Å². The molecule has 27 heavy (non-hydrogen) atoms. The molecule has 0 spiro atoms. The summed E-state index contributed by atoms with van der Waals surface area (Å²) in [6.07, 6.45) is 2.52. The summed E-state index contributed by atoms with van der Waals surface area (Å²) < 4.78 is 0. The van der Waals surface area contributed by atoms with E-state index in [0.29, 0.717) is 11.3 Å². The first kappa shape index (κ1) is 21.8. The summed E-state index contributed by atoms with van der Waals surface area (Å²) >= 11 is 0. The number of amides is 1. The highest BCUT2D eigenvalue weighted by Gasteiger charge is 2.04. The number of benzene rings is 3. The lowest BCUT2D eigenvalue weighted by Gasteiger charge is -2.00. The fourth-order valence-corrected chi connectivity index (χ4v) is 2.19. The standard InChI is InChI=1S/C15H14N2O.C7H8.C2H6/c16-15(18)13-8-4-5-9-14(13)17-11-10-12-6-2-1-3-7-12;1-7-5-3-2-4-6-7;1-2/h1-9,11H,10H2,(H2,16,18);2-6H,1H3;1-2H3. The van der Waals surface area contributed by atoms with Crippen LogP contribution in [0.3, 0.4) is 0 Å². The smallest absolute Gasteiger partial charge is 0.250 e. The van der Waals surface area contributed by atoms with Gasteiger partial charge in [-0.1, -0.05) is 92.2 Å². The molecule has 3 nitrogen and oxygen atoms in total. The van der Waals surface area contributed by atoms with E-state index in [0.717, 1.165) is 6.42 Å². The van der Waals surface area contributed by atoms with Crippen LogP contribution in [0.4, 0.5) is 5.69 Å². The van der Waals surface area contributed by atoms with Crippen LogP contribution in [0, 0.1) is 6.92 Å². The van der Waals surface area contributed by atoms with Gasteiger partial charge in [0, 0.05) is 12.6 Å². The fraction of sp³-hybridized carbons (Fsp3) is 0.167.